The maximum atomic E-state index is 12.1. The summed E-state index contributed by atoms with van der Waals surface area (Å²) >= 11 is 0. The van der Waals surface area contributed by atoms with E-state index in [2.05, 4.69) is 10.4 Å². The number of hydrogen-bond donors (Lipinski definition) is 1. The van der Waals surface area contributed by atoms with Crippen LogP contribution in [-0.4, -0.2) is 33.2 Å². The molecule has 0 atom stereocenters. The average molecular weight is 318 g/mol. The van der Waals surface area contributed by atoms with Gasteiger partial charge in [-0.05, 0) is 19.1 Å². The van der Waals surface area contributed by atoms with Gasteiger partial charge in [-0.2, -0.15) is 5.10 Å². The zero-order valence-corrected chi connectivity index (χ0v) is 12.5. The number of benzene rings is 1. The van der Waals surface area contributed by atoms with Crippen LogP contribution in [0, 0.1) is 10.1 Å². The van der Waals surface area contributed by atoms with Gasteiger partial charge in [0.1, 0.15) is 5.69 Å². The number of nitro benzene ring substituents is 1. The fourth-order valence-corrected chi connectivity index (χ4v) is 1.84. The molecular weight excluding hydrogens is 304 g/mol. The van der Waals surface area contributed by atoms with Gasteiger partial charge in [0.2, 0.25) is 0 Å². The Labute approximate surface area is 131 Å². The molecule has 0 radical (unpaired) electrons. The van der Waals surface area contributed by atoms with Gasteiger partial charge in [-0.1, -0.05) is 0 Å². The predicted molar refractivity (Wildman–Crippen MR) is 80.2 cm³/mol. The minimum Gasteiger partial charge on any atom is -0.461 e. The molecule has 2 rings (SSSR count). The molecule has 2 aromatic rings. The highest BCUT2D eigenvalue weighted by atomic mass is 16.6. The van der Waals surface area contributed by atoms with Crippen LogP contribution < -0.4 is 5.32 Å². The molecule has 0 unspecified atom stereocenters. The predicted octanol–water partition coefficient (Wildman–Crippen LogP) is 1.76. The lowest BCUT2D eigenvalue weighted by Gasteiger charge is -2.02. The first kappa shape index (κ1) is 16.1. The molecule has 23 heavy (non-hydrogen) atoms. The Morgan fingerprint density at radius 1 is 1.35 bits per heavy atom. The SMILES string of the molecule is CCOC(=O)c1cc(C(=O)Nc2ccc([N+](=O)[O-])cc2)nn1C. The third kappa shape index (κ3) is 3.70. The Balaban J connectivity index is 2.13. The standard InChI is InChI=1S/C14H14N4O5/c1-3-23-14(20)12-8-11(16-17(12)2)13(19)15-9-4-6-10(7-5-9)18(21)22/h4-8H,3H2,1-2H3,(H,15,19). The molecule has 0 aliphatic carbocycles. The molecule has 1 aromatic heterocycles. The monoisotopic (exact) mass is 318 g/mol. The number of anilines is 1. The van der Waals surface area contributed by atoms with Crippen molar-refractivity contribution in [2.45, 2.75) is 6.92 Å². The van der Waals surface area contributed by atoms with Crippen molar-refractivity contribution in [1.29, 1.82) is 0 Å². The van der Waals surface area contributed by atoms with Crippen LogP contribution in [0.5, 0.6) is 0 Å². The molecule has 0 spiro atoms. The molecule has 1 heterocycles. The number of aromatic nitrogens is 2. The lowest BCUT2D eigenvalue weighted by molar-refractivity contribution is -0.384. The Kier molecular flexibility index (Phi) is 4.69. The third-order valence-electron chi connectivity index (χ3n) is 2.93. The second-order valence-corrected chi connectivity index (χ2v) is 4.52. The van der Waals surface area contributed by atoms with Gasteiger partial charge < -0.3 is 10.1 Å². The number of nitrogens with zero attached hydrogens (tertiary/aromatic N) is 3. The zero-order valence-electron chi connectivity index (χ0n) is 12.5. The van der Waals surface area contributed by atoms with E-state index in [0.717, 1.165) is 0 Å². The van der Waals surface area contributed by atoms with Crippen LogP contribution in [0.15, 0.2) is 30.3 Å². The van der Waals surface area contributed by atoms with Crippen LogP contribution in [0.1, 0.15) is 27.9 Å². The van der Waals surface area contributed by atoms with Gasteiger partial charge in [-0.3, -0.25) is 19.6 Å². The van der Waals surface area contributed by atoms with Gasteiger partial charge in [0, 0.05) is 30.9 Å². The van der Waals surface area contributed by atoms with E-state index in [1.807, 2.05) is 0 Å². The Morgan fingerprint density at radius 3 is 2.57 bits per heavy atom. The molecule has 0 saturated heterocycles. The number of nitro groups is 1. The van der Waals surface area contributed by atoms with Gasteiger partial charge in [-0.25, -0.2) is 4.79 Å². The van der Waals surface area contributed by atoms with Gasteiger partial charge in [-0.15, -0.1) is 0 Å². The van der Waals surface area contributed by atoms with E-state index in [1.165, 1.54) is 42.1 Å². The van der Waals surface area contributed by atoms with E-state index in [-0.39, 0.29) is 23.7 Å². The Morgan fingerprint density at radius 2 is 2.00 bits per heavy atom. The molecule has 0 aliphatic heterocycles. The summed E-state index contributed by atoms with van der Waals surface area (Å²) in [5.74, 6) is -1.11. The summed E-state index contributed by atoms with van der Waals surface area (Å²) in [5, 5.41) is 17.1. The maximum absolute atomic E-state index is 12.1. The van der Waals surface area contributed by atoms with E-state index in [1.54, 1.807) is 6.92 Å². The molecule has 0 fully saturated rings. The maximum Gasteiger partial charge on any atom is 0.356 e. The lowest BCUT2D eigenvalue weighted by Crippen LogP contribution is -2.13. The molecular formula is C14H14N4O5. The Hall–Kier alpha value is -3.23. The first-order chi connectivity index (χ1) is 10.9. The molecule has 1 N–H and O–H groups in total. The van der Waals surface area contributed by atoms with Crippen molar-refractivity contribution in [3.63, 3.8) is 0 Å². The minimum atomic E-state index is -0.572. The van der Waals surface area contributed by atoms with Crippen molar-refractivity contribution in [1.82, 2.24) is 9.78 Å². The van der Waals surface area contributed by atoms with Gasteiger partial charge in [0.15, 0.2) is 5.69 Å². The fourth-order valence-electron chi connectivity index (χ4n) is 1.84. The van der Waals surface area contributed by atoms with E-state index >= 15 is 0 Å². The average Bonchev–Trinajstić information content (AvgIpc) is 2.90. The largest absolute Gasteiger partial charge is 0.461 e. The number of carbonyl (C=O) groups excluding carboxylic acids is 2. The van der Waals surface area contributed by atoms with E-state index in [9.17, 15) is 19.7 Å². The molecule has 0 aliphatic rings. The molecule has 9 heteroatoms. The normalized spacial score (nSPS) is 10.2. The summed E-state index contributed by atoms with van der Waals surface area (Å²) in [5.41, 5.74) is 0.490. The van der Waals surface area contributed by atoms with E-state index in [4.69, 9.17) is 4.74 Å². The van der Waals surface area contributed by atoms with Crippen molar-refractivity contribution >= 4 is 23.3 Å². The topological polar surface area (TPSA) is 116 Å². The van der Waals surface area contributed by atoms with Crippen LogP contribution in [0.2, 0.25) is 0 Å². The Bertz CT molecular complexity index is 751. The number of nitrogens with one attached hydrogen (secondary N) is 1. The van der Waals surface area contributed by atoms with Crippen molar-refractivity contribution in [2.24, 2.45) is 7.05 Å². The minimum absolute atomic E-state index is 0.0360. The van der Waals surface area contributed by atoms with Gasteiger partial charge in [0.25, 0.3) is 11.6 Å². The van der Waals surface area contributed by atoms with E-state index in [0.29, 0.717) is 5.69 Å². The molecule has 9 nitrogen and oxygen atoms in total. The van der Waals surface area contributed by atoms with Crippen LogP contribution in [-0.2, 0) is 11.8 Å². The van der Waals surface area contributed by atoms with Crippen molar-refractivity contribution in [3.05, 3.63) is 51.8 Å². The first-order valence-corrected chi connectivity index (χ1v) is 6.69. The molecule has 0 saturated carbocycles. The van der Waals surface area contributed by atoms with Crippen LogP contribution in [0.3, 0.4) is 0 Å². The van der Waals surface area contributed by atoms with Crippen LogP contribution in [0.4, 0.5) is 11.4 Å². The number of rotatable bonds is 5. The zero-order chi connectivity index (χ0) is 17.0. The number of amides is 1. The quantitative estimate of drug-likeness (QED) is 0.510. The molecule has 0 bridgehead atoms. The molecule has 1 amide bonds. The summed E-state index contributed by atoms with van der Waals surface area (Å²) in [7, 11) is 1.52. The van der Waals surface area contributed by atoms with Crippen molar-refractivity contribution in [2.75, 3.05) is 11.9 Å². The lowest BCUT2D eigenvalue weighted by atomic mass is 10.2. The number of ether oxygens (including phenoxy) is 1. The first-order valence-electron chi connectivity index (χ1n) is 6.69. The van der Waals surface area contributed by atoms with Gasteiger partial charge in [0.05, 0.1) is 11.5 Å². The fraction of sp³-hybridized carbons (Fsp3) is 0.214. The third-order valence-corrected chi connectivity index (χ3v) is 2.93. The summed E-state index contributed by atoms with van der Waals surface area (Å²) in [6.45, 7) is 1.89. The van der Waals surface area contributed by atoms with E-state index < -0.39 is 16.8 Å². The van der Waals surface area contributed by atoms with Crippen LogP contribution in [0.25, 0.3) is 0 Å². The van der Waals surface area contributed by atoms with Crippen molar-refractivity contribution < 1.29 is 19.2 Å². The summed E-state index contributed by atoms with van der Waals surface area (Å²) < 4.78 is 6.11. The van der Waals surface area contributed by atoms with Gasteiger partial charge >= 0.3 is 5.97 Å². The number of carbonyl (C=O) groups is 2. The molecule has 120 valence electrons. The van der Waals surface area contributed by atoms with Crippen molar-refractivity contribution in [3.8, 4) is 0 Å². The number of aryl methyl sites for hydroxylation is 1. The summed E-state index contributed by atoms with van der Waals surface area (Å²) in [6.07, 6.45) is 0. The summed E-state index contributed by atoms with van der Waals surface area (Å²) in [6, 6.07) is 6.69. The second kappa shape index (κ2) is 6.69. The second-order valence-electron chi connectivity index (χ2n) is 4.52. The highest BCUT2D eigenvalue weighted by molar-refractivity contribution is 6.04. The highest BCUT2D eigenvalue weighted by Crippen LogP contribution is 2.16. The molecule has 1 aromatic carbocycles. The smallest absolute Gasteiger partial charge is 0.356 e. The van der Waals surface area contributed by atoms with Crippen LogP contribution >= 0.6 is 0 Å². The summed E-state index contributed by atoms with van der Waals surface area (Å²) in [4.78, 5) is 33.8. The number of non-ortho nitro benzene ring substituents is 1. The number of hydrogen-bond acceptors (Lipinski definition) is 6. The highest BCUT2D eigenvalue weighted by Gasteiger charge is 2.18. The number of esters is 1.